The van der Waals surface area contributed by atoms with E-state index in [0.29, 0.717) is 0 Å². The maximum atomic E-state index is 2.08. The zero-order valence-corrected chi connectivity index (χ0v) is 5.54. The molecule has 0 unspecified atom stereocenters. The molecule has 1 rings (SSSR count). The average molecular weight is 118 g/mol. The quantitative estimate of drug-likeness (QED) is 0.496. The van der Waals surface area contributed by atoms with Gasteiger partial charge in [0, 0.05) is 0 Å². The van der Waals surface area contributed by atoms with Crippen molar-refractivity contribution in [2.75, 3.05) is 0 Å². The summed E-state index contributed by atoms with van der Waals surface area (Å²) in [6.07, 6.45) is 14.4. The fraction of sp³-hybridized carbons (Fsp3) is 0.111. The third kappa shape index (κ3) is 1.73. The molecule has 0 radical (unpaired) electrons. The first-order valence-corrected chi connectivity index (χ1v) is 3.11. The lowest BCUT2D eigenvalue weighted by Crippen LogP contribution is -1.60. The predicted molar refractivity (Wildman–Crippen MR) is 41.2 cm³/mol. The summed E-state index contributed by atoms with van der Waals surface area (Å²) in [6, 6.07) is 0. The average Bonchev–Trinajstić information content (AvgIpc) is 2.34. The monoisotopic (exact) mass is 118 g/mol. The first-order chi connectivity index (χ1) is 4.43. The summed E-state index contributed by atoms with van der Waals surface area (Å²) in [6.45, 7) is 2.01. The maximum Gasteiger partial charge on any atom is -0.0257 e. The Kier molecular flexibility index (Phi) is 2.08. The molecule has 0 amide bonds. The van der Waals surface area contributed by atoms with Gasteiger partial charge in [0.2, 0.25) is 0 Å². The lowest BCUT2D eigenvalue weighted by molar-refractivity contribution is 1.69. The highest BCUT2D eigenvalue weighted by Crippen LogP contribution is 2.06. The number of hydrogen-bond donors (Lipinski definition) is 0. The van der Waals surface area contributed by atoms with Crippen molar-refractivity contribution in [3.63, 3.8) is 0 Å². The Bertz CT molecular complexity index is 176. The minimum absolute atomic E-state index is 1.27. The lowest BCUT2D eigenvalue weighted by atomic mass is 10.3. The van der Waals surface area contributed by atoms with Gasteiger partial charge in [0.15, 0.2) is 0 Å². The Balaban J connectivity index is 2.62. The highest BCUT2D eigenvalue weighted by atomic mass is 13.9. The van der Waals surface area contributed by atoms with E-state index in [0.717, 1.165) is 0 Å². The zero-order valence-electron chi connectivity index (χ0n) is 5.54. The molecule has 0 saturated carbocycles. The number of hydrogen-bond acceptors (Lipinski definition) is 0. The van der Waals surface area contributed by atoms with Crippen molar-refractivity contribution in [1.29, 1.82) is 0 Å². The molecule has 0 aliphatic heterocycles. The standard InChI is InChI=1S/C9H10/c1-2-3-6-9-7-4-5-8-9/h2-8H,1H3. The van der Waals surface area contributed by atoms with Crippen LogP contribution in [0.2, 0.25) is 0 Å². The minimum Gasteiger partial charge on any atom is -0.0876 e. The van der Waals surface area contributed by atoms with Crippen LogP contribution in [-0.2, 0) is 0 Å². The molecule has 0 atom stereocenters. The molecule has 0 fully saturated rings. The van der Waals surface area contributed by atoms with Crippen LogP contribution in [0.5, 0.6) is 0 Å². The second kappa shape index (κ2) is 3.08. The van der Waals surface area contributed by atoms with E-state index in [4.69, 9.17) is 0 Å². The van der Waals surface area contributed by atoms with Gasteiger partial charge in [-0.3, -0.25) is 0 Å². The Morgan fingerprint density at radius 1 is 1.22 bits per heavy atom. The SMILES string of the molecule is CC=CC=C1C=CC=C1. The van der Waals surface area contributed by atoms with E-state index >= 15 is 0 Å². The van der Waals surface area contributed by atoms with E-state index in [2.05, 4.69) is 18.2 Å². The smallest absolute Gasteiger partial charge is 0.0257 e. The van der Waals surface area contributed by atoms with Crippen molar-refractivity contribution >= 4 is 0 Å². The van der Waals surface area contributed by atoms with E-state index in [-0.39, 0.29) is 0 Å². The van der Waals surface area contributed by atoms with Crippen molar-refractivity contribution < 1.29 is 0 Å². The van der Waals surface area contributed by atoms with Crippen LogP contribution >= 0.6 is 0 Å². The molecule has 0 aromatic rings. The van der Waals surface area contributed by atoms with Gasteiger partial charge in [-0.25, -0.2) is 0 Å². The molecule has 0 nitrogen and oxygen atoms in total. The van der Waals surface area contributed by atoms with Crippen LogP contribution in [-0.4, -0.2) is 0 Å². The van der Waals surface area contributed by atoms with Gasteiger partial charge in [-0.05, 0) is 12.5 Å². The summed E-state index contributed by atoms with van der Waals surface area (Å²) in [4.78, 5) is 0. The summed E-state index contributed by atoms with van der Waals surface area (Å²) in [5.74, 6) is 0. The molecule has 0 bridgehead atoms. The molecule has 0 N–H and O–H groups in total. The summed E-state index contributed by atoms with van der Waals surface area (Å²) in [5.41, 5.74) is 1.27. The van der Waals surface area contributed by atoms with Gasteiger partial charge in [-0.15, -0.1) is 0 Å². The van der Waals surface area contributed by atoms with Gasteiger partial charge in [-0.2, -0.15) is 0 Å². The van der Waals surface area contributed by atoms with Crippen molar-refractivity contribution in [2.24, 2.45) is 0 Å². The van der Waals surface area contributed by atoms with E-state index < -0.39 is 0 Å². The van der Waals surface area contributed by atoms with Crippen molar-refractivity contribution in [3.8, 4) is 0 Å². The Morgan fingerprint density at radius 3 is 2.44 bits per heavy atom. The largest absolute Gasteiger partial charge is 0.0876 e. The van der Waals surface area contributed by atoms with Gasteiger partial charge in [0.1, 0.15) is 0 Å². The van der Waals surface area contributed by atoms with Crippen LogP contribution in [0.25, 0.3) is 0 Å². The third-order valence-corrected chi connectivity index (χ3v) is 1.17. The first kappa shape index (κ1) is 6.09. The predicted octanol–water partition coefficient (Wildman–Crippen LogP) is 2.61. The molecule has 0 saturated heterocycles. The van der Waals surface area contributed by atoms with Crippen molar-refractivity contribution in [2.45, 2.75) is 6.92 Å². The first-order valence-electron chi connectivity index (χ1n) is 3.11. The molecular formula is C9H10. The van der Waals surface area contributed by atoms with Gasteiger partial charge in [-0.1, -0.05) is 42.5 Å². The lowest BCUT2D eigenvalue weighted by Gasteiger charge is -1.81. The highest BCUT2D eigenvalue weighted by Gasteiger charge is 1.85. The second-order valence-electron chi connectivity index (χ2n) is 1.91. The molecule has 9 heavy (non-hydrogen) atoms. The van der Waals surface area contributed by atoms with E-state index in [1.807, 2.05) is 31.2 Å². The Morgan fingerprint density at radius 2 is 1.89 bits per heavy atom. The minimum atomic E-state index is 1.27. The van der Waals surface area contributed by atoms with Crippen LogP contribution in [0.1, 0.15) is 6.92 Å². The van der Waals surface area contributed by atoms with Crippen LogP contribution < -0.4 is 0 Å². The van der Waals surface area contributed by atoms with Crippen LogP contribution in [0.3, 0.4) is 0 Å². The molecule has 0 aromatic heterocycles. The van der Waals surface area contributed by atoms with Crippen LogP contribution in [0, 0.1) is 0 Å². The van der Waals surface area contributed by atoms with Gasteiger partial charge in [0.25, 0.3) is 0 Å². The molecule has 0 aromatic carbocycles. The zero-order chi connectivity index (χ0) is 6.53. The summed E-state index contributed by atoms with van der Waals surface area (Å²) in [7, 11) is 0. The summed E-state index contributed by atoms with van der Waals surface area (Å²) < 4.78 is 0. The summed E-state index contributed by atoms with van der Waals surface area (Å²) in [5, 5.41) is 0. The maximum absolute atomic E-state index is 2.08. The Labute approximate surface area is 55.9 Å². The second-order valence-corrected chi connectivity index (χ2v) is 1.91. The molecule has 46 valence electrons. The molecule has 0 heteroatoms. The fourth-order valence-electron chi connectivity index (χ4n) is 0.707. The fourth-order valence-corrected chi connectivity index (χ4v) is 0.707. The topological polar surface area (TPSA) is 0 Å². The van der Waals surface area contributed by atoms with Crippen LogP contribution in [0.15, 0.2) is 48.1 Å². The van der Waals surface area contributed by atoms with Crippen molar-refractivity contribution in [3.05, 3.63) is 48.1 Å². The van der Waals surface area contributed by atoms with E-state index in [1.165, 1.54) is 5.57 Å². The highest BCUT2D eigenvalue weighted by molar-refractivity contribution is 5.41. The molecule has 1 aliphatic rings. The molecule has 0 spiro atoms. The number of rotatable bonds is 1. The molecule has 1 aliphatic carbocycles. The molecular weight excluding hydrogens is 108 g/mol. The molecule has 0 heterocycles. The van der Waals surface area contributed by atoms with Crippen LogP contribution in [0.4, 0.5) is 0 Å². The Hall–Kier alpha value is -1.04. The van der Waals surface area contributed by atoms with Gasteiger partial charge >= 0.3 is 0 Å². The van der Waals surface area contributed by atoms with Gasteiger partial charge < -0.3 is 0 Å². The van der Waals surface area contributed by atoms with E-state index in [9.17, 15) is 0 Å². The van der Waals surface area contributed by atoms with Gasteiger partial charge in [0.05, 0.1) is 0 Å². The number of allylic oxidation sites excluding steroid dienone is 8. The van der Waals surface area contributed by atoms with Crippen molar-refractivity contribution in [1.82, 2.24) is 0 Å². The third-order valence-electron chi connectivity index (χ3n) is 1.17. The normalized spacial score (nSPS) is 15.9. The van der Waals surface area contributed by atoms with E-state index in [1.54, 1.807) is 0 Å². The summed E-state index contributed by atoms with van der Waals surface area (Å²) >= 11 is 0.